The normalized spacial score (nSPS) is 9.50. The fourth-order valence-corrected chi connectivity index (χ4v) is 0.762. The van der Waals surface area contributed by atoms with Crippen LogP contribution in [-0.2, 0) is 0 Å². The highest BCUT2D eigenvalue weighted by atomic mass is 16.4. The van der Waals surface area contributed by atoms with E-state index in [9.17, 15) is 9.59 Å². The van der Waals surface area contributed by atoms with Gasteiger partial charge in [0, 0.05) is 6.54 Å². The van der Waals surface area contributed by atoms with Crippen molar-refractivity contribution in [3.63, 3.8) is 0 Å². The number of carboxylic acid groups (broad SMARTS) is 1. The van der Waals surface area contributed by atoms with Crippen LogP contribution in [-0.4, -0.2) is 49.3 Å². The fraction of sp³-hybridized carbons (Fsp3) is 0.400. The zero-order valence-corrected chi connectivity index (χ0v) is 7.26. The summed E-state index contributed by atoms with van der Waals surface area (Å²) < 4.78 is 0. The first-order valence-corrected chi connectivity index (χ1v) is 3.70. The minimum atomic E-state index is -1.33. The number of hydrogen-bond acceptors (Lipinski definition) is 5. The van der Waals surface area contributed by atoms with Crippen molar-refractivity contribution in [2.75, 3.05) is 6.54 Å². The van der Waals surface area contributed by atoms with Gasteiger partial charge in [-0.05, 0) is 12.1 Å². The molecule has 0 spiro atoms. The Balaban J connectivity index is 2.70. The average molecular weight is 200 g/mol. The van der Waals surface area contributed by atoms with E-state index in [1.54, 1.807) is 6.92 Å². The zero-order valence-electron chi connectivity index (χ0n) is 7.26. The first-order valence-electron chi connectivity index (χ1n) is 3.70. The highest BCUT2D eigenvalue weighted by molar-refractivity contribution is 5.91. The number of carbonyl (C=O) groups is 2. The van der Waals surface area contributed by atoms with Crippen molar-refractivity contribution in [3.8, 4) is 0 Å². The van der Waals surface area contributed by atoms with Gasteiger partial charge in [-0.15, -0.1) is 10.2 Å². The predicted molar refractivity (Wildman–Crippen MR) is 42.0 cm³/mol. The fourth-order valence-electron chi connectivity index (χ4n) is 0.762. The SMILES string of the molecule is CCN(NC(=O)O)C(=O)c1nn[nH]n1. The highest BCUT2D eigenvalue weighted by Gasteiger charge is 2.19. The molecule has 0 aromatic carbocycles. The van der Waals surface area contributed by atoms with Gasteiger partial charge in [-0.1, -0.05) is 0 Å². The highest BCUT2D eigenvalue weighted by Crippen LogP contribution is 1.92. The van der Waals surface area contributed by atoms with Gasteiger partial charge in [-0.2, -0.15) is 5.21 Å². The van der Waals surface area contributed by atoms with Crippen molar-refractivity contribution in [1.29, 1.82) is 0 Å². The number of hydrazine groups is 1. The average Bonchev–Trinajstić information content (AvgIpc) is 2.65. The van der Waals surface area contributed by atoms with E-state index in [1.165, 1.54) is 0 Å². The third-order valence-electron chi connectivity index (χ3n) is 1.33. The molecule has 0 radical (unpaired) electrons. The molecule has 76 valence electrons. The number of nitrogens with zero attached hydrogens (tertiary/aromatic N) is 4. The Labute approximate surface area is 78.1 Å². The molecule has 0 saturated heterocycles. The van der Waals surface area contributed by atoms with Gasteiger partial charge in [0.1, 0.15) is 0 Å². The molecule has 1 heterocycles. The predicted octanol–water partition coefficient (Wildman–Crippen LogP) is -1.16. The molecule has 0 aliphatic rings. The van der Waals surface area contributed by atoms with Crippen molar-refractivity contribution < 1.29 is 14.7 Å². The number of aromatic amines is 1. The maximum atomic E-state index is 11.4. The van der Waals surface area contributed by atoms with Crippen molar-refractivity contribution in [2.24, 2.45) is 0 Å². The smallest absolute Gasteiger partial charge is 0.423 e. The summed E-state index contributed by atoms with van der Waals surface area (Å²) >= 11 is 0. The van der Waals surface area contributed by atoms with E-state index >= 15 is 0 Å². The molecule has 9 heteroatoms. The van der Waals surface area contributed by atoms with Crippen LogP contribution in [0.1, 0.15) is 17.5 Å². The topological polar surface area (TPSA) is 124 Å². The number of rotatable bonds is 2. The molecule has 0 aliphatic carbocycles. The summed E-state index contributed by atoms with van der Waals surface area (Å²) in [6.45, 7) is 1.77. The number of tetrazole rings is 1. The van der Waals surface area contributed by atoms with Gasteiger partial charge in [-0.25, -0.2) is 15.2 Å². The van der Waals surface area contributed by atoms with Crippen LogP contribution in [0.2, 0.25) is 0 Å². The van der Waals surface area contributed by atoms with Crippen molar-refractivity contribution in [2.45, 2.75) is 6.92 Å². The van der Waals surface area contributed by atoms with Gasteiger partial charge in [0.15, 0.2) is 0 Å². The van der Waals surface area contributed by atoms with Crippen LogP contribution in [0.5, 0.6) is 0 Å². The van der Waals surface area contributed by atoms with Crippen molar-refractivity contribution in [1.82, 2.24) is 31.1 Å². The lowest BCUT2D eigenvalue weighted by Gasteiger charge is -2.17. The summed E-state index contributed by atoms with van der Waals surface area (Å²) in [5.74, 6) is -0.857. The summed E-state index contributed by atoms with van der Waals surface area (Å²) in [4.78, 5) is 21.7. The van der Waals surface area contributed by atoms with Gasteiger partial charge in [0.2, 0.25) is 0 Å². The molecular weight excluding hydrogens is 192 g/mol. The second-order valence-electron chi connectivity index (χ2n) is 2.20. The summed E-state index contributed by atoms with van der Waals surface area (Å²) in [7, 11) is 0. The van der Waals surface area contributed by atoms with Gasteiger partial charge in [-0.3, -0.25) is 4.79 Å². The molecule has 1 rings (SSSR count). The molecular formula is C5H8N6O3. The van der Waals surface area contributed by atoms with E-state index in [0.717, 1.165) is 5.01 Å². The lowest BCUT2D eigenvalue weighted by molar-refractivity contribution is 0.0648. The van der Waals surface area contributed by atoms with Crippen LogP contribution >= 0.6 is 0 Å². The molecule has 9 nitrogen and oxygen atoms in total. The molecule has 0 unspecified atom stereocenters. The molecule has 0 saturated carbocycles. The molecule has 3 N–H and O–H groups in total. The largest absolute Gasteiger partial charge is 0.464 e. The standard InChI is InChI=1S/C5H8N6O3/c1-2-11(8-5(13)14)4(12)3-6-9-10-7-3/h8H,2H2,1H3,(H,13,14)(H,6,7,9,10). The van der Waals surface area contributed by atoms with E-state index in [2.05, 4.69) is 20.6 Å². The van der Waals surface area contributed by atoms with Crippen LogP contribution in [0.15, 0.2) is 0 Å². The first kappa shape index (κ1) is 9.89. The Morgan fingerprint density at radius 3 is 2.79 bits per heavy atom. The summed E-state index contributed by atoms with van der Waals surface area (Å²) in [5, 5.41) is 21.4. The maximum absolute atomic E-state index is 11.4. The van der Waals surface area contributed by atoms with Crippen LogP contribution < -0.4 is 5.43 Å². The number of amides is 2. The van der Waals surface area contributed by atoms with E-state index < -0.39 is 12.0 Å². The Morgan fingerprint density at radius 2 is 2.36 bits per heavy atom. The summed E-state index contributed by atoms with van der Waals surface area (Å²) in [6, 6.07) is 0. The molecule has 0 bridgehead atoms. The number of nitrogens with one attached hydrogen (secondary N) is 2. The van der Waals surface area contributed by atoms with Gasteiger partial charge in [0.05, 0.1) is 0 Å². The van der Waals surface area contributed by atoms with Crippen LogP contribution in [0.4, 0.5) is 4.79 Å². The van der Waals surface area contributed by atoms with E-state index in [1.807, 2.05) is 5.43 Å². The minimum Gasteiger partial charge on any atom is -0.464 e. The molecule has 0 atom stereocenters. The van der Waals surface area contributed by atoms with Crippen molar-refractivity contribution in [3.05, 3.63) is 5.82 Å². The van der Waals surface area contributed by atoms with E-state index in [0.29, 0.717) is 0 Å². The summed E-state index contributed by atoms with van der Waals surface area (Å²) in [5.41, 5.74) is 1.90. The van der Waals surface area contributed by atoms with Gasteiger partial charge >= 0.3 is 12.0 Å². The molecule has 2 amide bonds. The molecule has 1 aromatic rings. The maximum Gasteiger partial charge on any atom is 0.423 e. The van der Waals surface area contributed by atoms with Crippen LogP contribution in [0.25, 0.3) is 0 Å². The monoisotopic (exact) mass is 200 g/mol. The van der Waals surface area contributed by atoms with Crippen LogP contribution in [0.3, 0.4) is 0 Å². The second kappa shape index (κ2) is 4.16. The lowest BCUT2D eigenvalue weighted by atomic mass is 10.5. The number of hydrogen-bond donors (Lipinski definition) is 3. The minimum absolute atomic E-state index is 0.166. The van der Waals surface area contributed by atoms with E-state index in [4.69, 9.17) is 5.11 Å². The van der Waals surface area contributed by atoms with E-state index in [-0.39, 0.29) is 12.4 Å². The Morgan fingerprint density at radius 1 is 1.64 bits per heavy atom. The van der Waals surface area contributed by atoms with Crippen LogP contribution in [0, 0.1) is 0 Å². The zero-order chi connectivity index (χ0) is 10.6. The molecule has 14 heavy (non-hydrogen) atoms. The molecule has 1 aromatic heterocycles. The van der Waals surface area contributed by atoms with Gasteiger partial charge in [0.25, 0.3) is 5.82 Å². The first-order chi connectivity index (χ1) is 6.65. The number of H-pyrrole nitrogens is 1. The van der Waals surface area contributed by atoms with Crippen molar-refractivity contribution >= 4 is 12.0 Å². The van der Waals surface area contributed by atoms with Gasteiger partial charge < -0.3 is 5.11 Å². The Hall–Kier alpha value is -2.19. The number of aromatic nitrogens is 4. The number of carbonyl (C=O) groups excluding carboxylic acids is 1. The molecule has 0 aliphatic heterocycles. The summed E-state index contributed by atoms with van der Waals surface area (Å²) in [6.07, 6.45) is -1.33. The third kappa shape index (κ3) is 2.15. The third-order valence-corrected chi connectivity index (χ3v) is 1.33. The quantitative estimate of drug-likeness (QED) is 0.517. The Bertz CT molecular complexity index is 322. The lowest BCUT2D eigenvalue weighted by Crippen LogP contribution is -2.45. The molecule has 0 fully saturated rings. The second-order valence-corrected chi connectivity index (χ2v) is 2.20. The Kier molecular flexibility index (Phi) is 2.94.